The van der Waals surface area contributed by atoms with Gasteiger partial charge in [-0.1, -0.05) is 12.1 Å². The predicted octanol–water partition coefficient (Wildman–Crippen LogP) is 1.25. The Balaban J connectivity index is 1.96. The molecule has 0 saturated carbocycles. The maximum absolute atomic E-state index is 5.41. The molecule has 4 heteroatoms. The Morgan fingerprint density at radius 2 is 2.14 bits per heavy atom. The third-order valence-electron chi connectivity index (χ3n) is 1.59. The Kier molecular flexibility index (Phi) is 2.66. The van der Waals surface area contributed by atoms with Crippen LogP contribution in [-0.2, 0) is 6.61 Å². The maximum atomic E-state index is 5.41. The fourth-order valence-electron chi connectivity index (χ4n) is 0.952. The van der Waals surface area contributed by atoms with Crippen LogP contribution in [0.1, 0.15) is 5.82 Å². The van der Waals surface area contributed by atoms with Crippen LogP contribution in [-0.4, -0.2) is 15.0 Å². The summed E-state index contributed by atoms with van der Waals surface area (Å²) in [5, 5.41) is 0. The van der Waals surface area contributed by atoms with Crippen LogP contribution in [0, 0.1) is 6.07 Å². The number of nitrogens with zero attached hydrogens (tertiary/aromatic N) is 3. The van der Waals surface area contributed by atoms with E-state index in [2.05, 4.69) is 21.0 Å². The molecule has 0 atom stereocenters. The summed E-state index contributed by atoms with van der Waals surface area (Å²) in [7, 11) is 0. The highest BCUT2D eigenvalue weighted by atomic mass is 16.5. The number of aromatic nitrogens is 3. The van der Waals surface area contributed by atoms with Crippen LogP contribution >= 0.6 is 0 Å². The molecule has 2 rings (SSSR count). The first-order valence-corrected chi connectivity index (χ1v) is 4.15. The Labute approximate surface area is 81.6 Å². The van der Waals surface area contributed by atoms with E-state index in [4.69, 9.17) is 4.74 Å². The van der Waals surface area contributed by atoms with E-state index in [1.807, 2.05) is 18.2 Å². The van der Waals surface area contributed by atoms with Crippen molar-refractivity contribution in [1.29, 1.82) is 0 Å². The number of hydrogen-bond acceptors (Lipinski definition) is 4. The van der Waals surface area contributed by atoms with Crippen molar-refractivity contribution in [1.82, 2.24) is 15.0 Å². The van der Waals surface area contributed by atoms with Crippen molar-refractivity contribution in [2.45, 2.75) is 6.61 Å². The van der Waals surface area contributed by atoms with Gasteiger partial charge in [-0.15, -0.1) is 0 Å². The number of benzene rings is 1. The largest absolute Gasteiger partial charge is 0.486 e. The molecule has 0 unspecified atom stereocenters. The average molecular weight is 186 g/mol. The monoisotopic (exact) mass is 186 g/mol. The second-order valence-electron chi connectivity index (χ2n) is 2.58. The van der Waals surface area contributed by atoms with Crippen LogP contribution in [0.4, 0.5) is 0 Å². The standard InChI is InChI=1S/C10H8N3O/c1-2-4-9(5-3-1)14-6-10-12-7-11-8-13-10/h1-2,4-5,7-8H,6H2. The van der Waals surface area contributed by atoms with Gasteiger partial charge in [0.1, 0.15) is 25.0 Å². The Morgan fingerprint density at radius 1 is 1.29 bits per heavy atom. The van der Waals surface area contributed by atoms with E-state index in [0.29, 0.717) is 12.4 Å². The van der Waals surface area contributed by atoms with E-state index in [-0.39, 0.29) is 0 Å². The number of rotatable bonds is 3. The SMILES string of the molecule is [c]1cccc(OCc2ncncn2)c1. The minimum Gasteiger partial charge on any atom is -0.486 e. The van der Waals surface area contributed by atoms with Gasteiger partial charge in [-0.05, 0) is 18.2 Å². The van der Waals surface area contributed by atoms with Gasteiger partial charge in [-0.2, -0.15) is 0 Å². The minimum atomic E-state index is 0.348. The summed E-state index contributed by atoms with van der Waals surface area (Å²) in [6.45, 7) is 0.348. The van der Waals surface area contributed by atoms with Crippen LogP contribution in [0.3, 0.4) is 0 Å². The molecule has 2 aromatic rings. The molecule has 1 heterocycles. The van der Waals surface area contributed by atoms with E-state index in [1.165, 1.54) is 12.7 Å². The number of hydrogen-bond donors (Lipinski definition) is 0. The summed E-state index contributed by atoms with van der Waals surface area (Å²) in [4.78, 5) is 11.6. The summed E-state index contributed by atoms with van der Waals surface area (Å²) in [6.07, 6.45) is 2.89. The van der Waals surface area contributed by atoms with Crippen molar-refractivity contribution in [2.24, 2.45) is 0 Å². The van der Waals surface area contributed by atoms with Gasteiger partial charge in [-0.3, -0.25) is 0 Å². The van der Waals surface area contributed by atoms with Crippen molar-refractivity contribution in [3.05, 3.63) is 48.8 Å². The van der Waals surface area contributed by atoms with E-state index in [1.54, 1.807) is 6.07 Å². The lowest BCUT2D eigenvalue weighted by Crippen LogP contribution is -2.00. The Morgan fingerprint density at radius 3 is 2.86 bits per heavy atom. The van der Waals surface area contributed by atoms with E-state index in [9.17, 15) is 0 Å². The fourth-order valence-corrected chi connectivity index (χ4v) is 0.952. The second kappa shape index (κ2) is 4.32. The zero-order chi connectivity index (χ0) is 9.64. The van der Waals surface area contributed by atoms with Crippen LogP contribution < -0.4 is 4.74 Å². The topological polar surface area (TPSA) is 47.9 Å². The van der Waals surface area contributed by atoms with Crippen LogP contribution in [0.5, 0.6) is 5.75 Å². The molecule has 1 radical (unpaired) electrons. The molecule has 1 aromatic carbocycles. The lowest BCUT2D eigenvalue weighted by molar-refractivity contribution is 0.295. The first kappa shape index (κ1) is 8.62. The molecule has 0 bridgehead atoms. The van der Waals surface area contributed by atoms with Gasteiger partial charge < -0.3 is 4.74 Å². The quantitative estimate of drug-likeness (QED) is 0.723. The van der Waals surface area contributed by atoms with Crippen LogP contribution in [0.15, 0.2) is 36.9 Å². The van der Waals surface area contributed by atoms with Gasteiger partial charge in [0.05, 0.1) is 0 Å². The lowest BCUT2D eigenvalue weighted by Gasteiger charge is -2.03. The van der Waals surface area contributed by atoms with Crippen molar-refractivity contribution in [3.63, 3.8) is 0 Å². The second-order valence-corrected chi connectivity index (χ2v) is 2.58. The molecule has 14 heavy (non-hydrogen) atoms. The lowest BCUT2D eigenvalue weighted by atomic mass is 10.3. The van der Waals surface area contributed by atoms with Gasteiger partial charge in [0, 0.05) is 0 Å². The Hall–Kier alpha value is -1.97. The molecule has 69 valence electrons. The summed E-state index contributed by atoms with van der Waals surface area (Å²) in [5.41, 5.74) is 0. The van der Waals surface area contributed by atoms with Gasteiger partial charge in [0.15, 0.2) is 5.82 Å². The molecule has 0 saturated heterocycles. The Bertz CT molecular complexity index is 338. The third-order valence-corrected chi connectivity index (χ3v) is 1.59. The van der Waals surface area contributed by atoms with Gasteiger partial charge in [-0.25, -0.2) is 15.0 Å². The zero-order valence-corrected chi connectivity index (χ0v) is 7.42. The normalized spacial score (nSPS) is 9.71. The van der Waals surface area contributed by atoms with E-state index < -0.39 is 0 Å². The summed E-state index contributed by atoms with van der Waals surface area (Å²) in [5.74, 6) is 1.37. The summed E-state index contributed by atoms with van der Waals surface area (Å²) >= 11 is 0. The van der Waals surface area contributed by atoms with Gasteiger partial charge in [0.25, 0.3) is 0 Å². The van der Waals surface area contributed by atoms with Gasteiger partial charge >= 0.3 is 0 Å². The zero-order valence-electron chi connectivity index (χ0n) is 7.42. The maximum Gasteiger partial charge on any atom is 0.169 e. The third kappa shape index (κ3) is 2.26. The van der Waals surface area contributed by atoms with Crippen molar-refractivity contribution in [3.8, 4) is 5.75 Å². The predicted molar refractivity (Wildman–Crippen MR) is 49.4 cm³/mol. The minimum absolute atomic E-state index is 0.348. The van der Waals surface area contributed by atoms with Crippen molar-refractivity contribution >= 4 is 0 Å². The first-order chi connectivity index (χ1) is 6.95. The molecule has 0 N–H and O–H groups in total. The highest BCUT2D eigenvalue weighted by Crippen LogP contribution is 2.08. The molecule has 4 nitrogen and oxygen atoms in total. The number of ether oxygens (including phenoxy) is 1. The van der Waals surface area contributed by atoms with E-state index in [0.717, 1.165) is 5.75 Å². The smallest absolute Gasteiger partial charge is 0.169 e. The summed E-state index contributed by atoms with van der Waals surface area (Å²) in [6, 6.07) is 10.2. The highest BCUT2D eigenvalue weighted by molar-refractivity contribution is 5.20. The molecule has 0 aliphatic heterocycles. The molecule has 0 fully saturated rings. The molecule has 0 spiro atoms. The molecule has 0 aliphatic rings. The van der Waals surface area contributed by atoms with Gasteiger partial charge in [0.2, 0.25) is 0 Å². The van der Waals surface area contributed by atoms with Crippen LogP contribution in [0.2, 0.25) is 0 Å². The average Bonchev–Trinajstić information content (AvgIpc) is 2.29. The fraction of sp³-hybridized carbons (Fsp3) is 0.100. The molecule has 0 amide bonds. The van der Waals surface area contributed by atoms with Crippen molar-refractivity contribution in [2.75, 3.05) is 0 Å². The molecule has 1 aromatic heterocycles. The van der Waals surface area contributed by atoms with Crippen molar-refractivity contribution < 1.29 is 4.74 Å². The first-order valence-electron chi connectivity index (χ1n) is 4.15. The molecule has 0 aliphatic carbocycles. The van der Waals surface area contributed by atoms with Crippen LogP contribution in [0.25, 0.3) is 0 Å². The van der Waals surface area contributed by atoms with E-state index >= 15 is 0 Å². The molecular weight excluding hydrogens is 178 g/mol. The highest BCUT2D eigenvalue weighted by Gasteiger charge is 1.95. The molecular formula is C10H8N3O. The summed E-state index contributed by atoms with van der Waals surface area (Å²) < 4.78 is 5.41.